The Labute approximate surface area is 163 Å². The van der Waals surface area contributed by atoms with Gasteiger partial charge in [-0.25, -0.2) is 13.2 Å². The van der Waals surface area contributed by atoms with Crippen molar-refractivity contribution in [2.24, 2.45) is 0 Å². The molecule has 1 aliphatic heterocycles. The molecule has 1 unspecified atom stereocenters. The number of nitrogens with zero attached hydrogens (tertiary/aromatic N) is 3. The van der Waals surface area contributed by atoms with E-state index < -0.39 is 15.4 Å². The van der Waals surface area contributed by atoms with E-state index in [9.17, 15) is 13.2 Å². The Morgan fingerprint density at radius 1 is 1.26 bits per heavy atom. The van der Waals surface area contributed by atoms with Gasteiger partial charge in [-0.3, -0.25) is 4.90 Å². The molecule has 1 atom stereocenters. The molecule has 146 valence electrons. The highest BCUT2D eigenvalue weighted by Gasteiger charge is 2.35. The van der Waals surface area contributed by atoms with Crippen LogP contribution >= 0.6 is 11.3 Å². The summed E-state index contributed by atoms with van der Waals surface area (Å²) in [5, 5.41) is 9.28. The topological polar surface area (TPSA) is 89.5 Å². The Morgan fingerprint density at radius 3 is 2.63 bits per heavy atom. The molecule has 1 aliphatic rings. The maximum Gasteiger partial charge on any atom is 0.410 e. The van der Waals surface area contributed by atoms with Crippen LogP contribution in [0, 0.1) is 0 Å². The molecule has 1 saturated heterocycles. The molecule has 0 spiro atoms. The van der Waals surface area contributed by atoms with Gasteiger partial charge in [0.15, 0.2) is 9.84 Å². The van der Waals surface area contributed by atoms with Crippen LogP contribution in [0.5, 0.6) is 0 Å². The molecule has 3 rings (SSSR count). The Morgan fingerprint density at radius 2 is 1.96 bits per heavy atom. The number of amides is 1. The predicted octanol–water partition coefficient (Wildman–Crippen LogP) is 3.58. The molecule has 1 fully saturated rings. The molecule has 0 radical (unpaired) electrons. The van der Waals surface area contributed by atoms with Crippen molar-refractivity contribution in [1.82, 2.24) is 15.1 Å². The van der Waals surface area contributed by atoms with Crippen molar-refractivity contribution in [3.8, 4) is 0 Å². The quantitative estimate of drug-likeness (QED) is 0.767. The summed E-state index contributed by atoms with van der Waals surface area (Å²) in [7, 11) is -3.47. The highest BCUT2D eigenvalue weighted by molar-refractivity contribution is 7.90. The Bertz CT molecular complexity index is 904. The summed E-state index contributed by atoms with van der Waals surface area (Å²) in [6.45, 7) is 6.07. The molecule has 2 heterocycles. The summed E-state index contributed by atoms with van der Waals surface area (Å²) < 4.78 is 30.5. The molecule has 9 heteroatoms. The van der Waals surface area contributed by atoms with E-state index in [1.165, 1.54) is 11.3 Å². The summed E-state index contributed by atoms with van der Waals surface area (Å²) in [6, 6.07) is 8.07. The zero-order valence-electron chi connectivity index (χ0n) is 15.6. The Kier molecular flexibility index (Phi) is 5.53. The van der Waals surface area contributed by atoms with Crippen LogP contribution in [0.1, 0.15) is 49.7 Å². The van der Waals surface area contributed by atoms with E-state index >= 15 is 0 Å². The first-order chi connectivity index (χ1) is 12.7. The first kappa shape index (κ1) is 19.8. The van der Waals surface area contributed by atoms with Crippen LogP contribution in [0.4, 0.5) is 4.79 Å². The minimum Gasteiger partial charge on any atom is -0.444 e. The van der Waals surface area contributed by atoms with Gasteiger partial charge in [0, 0.05) is 6.54 Å². The number of aromatic nitrogens is 2. The number of carbonyl (C=O) groups excluding carboxylic acids is 1. The molecule has 1 amide bonds. The third-order valence-electron chi connectivity index (χ3n) is 4.06. The second kappa shape index (κ2) is 7.55. The highest BCUT2D eigenvalue weighted by Crippen LogP contribution is 2.35. The number of sulfone groups is 1. The number of likely N-dealkylation sites (tertiary alicyclic amines) is 1. The van der Waals surface area contributed by atoms with Crippen LogP contribution in [0.3, 0.4) is 0 Å². The maximum atomic E-state index is 12.5. The van der Waals surface area contributed by atoms with Crippen molar-refractivity contribution in [2.45, 2.75) is 55.9 Å². The van der Waals surface area contributed by atoms with Crippen molar-refractivity contribution >= 4 is 27.3 Å². The van der Waals surface area contributed by atoms with Crippen molar-refractivity contribution in [3.05, 3.63) is 40.3 Å². The summed E-state index contributed by atoms with van der Waals surface area (Å²) in [5.74, 6) is -0.201. The minimum absolute atomic E-state index is 0.201. The van der Waals surface area contributed by atoms with Crippen LogP contribution in [0.2, 0.25) is 0 Å². The van der Waals surface area contributed by atoms with E-state index in [0.29, 0.717) is 16.6 Å². The molecule has 1 aromatic heterocycles. The van der Waals surface area contributed by atoms with Gasteiger partial charge in [0.25, 0.3) is 0 Å². The molecule has 0 bridgehead atoms. The molecule has 7 nitrogen and oxygen atoms in total. The molecule has 2 aromatic rings. The lowest BCUT2D eigenvalue weighted by Gasteiger charge is -2.27. The second-order valence-electron chi connectivity index (χ2n) is 7.44. The zero-order valence-corrected chi connectivity index (χ0v) is 17.2. The van der Waals surface area contributed by atoms with E-state index in [4.69, 9.17) is 4.74 Å². The molecular formula is C18H23N3O4S2. The van der Waals surface area contributed by atoms with Gasteiger partial charge in [-0.1, -0.05) is 29.5 Å². The lowest BCUT2D eigenvalue weighted by atomic mass is 10.2. The van der Waals surface area contributed by atoms with Crippen LogP contribution in [-0.2, 0) is 20.3 Å². The van der Waals surface area contributed by atoms with Gasteiger partial charge in [0.1, 0.15) is 21.4 Å². The van der Waals surface area contributed by atoms with Crippen molar-refractivity contribution < 1.29 is 17.9 Å². The molecule has 1 aromatic carbocycles. The fourth-order valence-corrected chi connectivity index (χ4v) is 5.50. The van der Waals surface area contributed by atoms with Gasteiger partial charge in [-0.05, 0) is 45.7 Å². The fourth-order valence-electron chi connectivity index (χ4n) is 2.90. The van der Waals surface area contributed by atoms with E-state index in [0.717, 1.165) is 12.8 Å². The monoisotopic (exact) mass is 409 g/mol. The van der Waals surface area contributed by atoms with Crippen LogP contribution in [0.25, 0.3) is 0 Å². The number of rotatable bonds is 4. The molecule has 0 saturated carbocycles. The standard InChI is InChI=1S/C18H23N3O4S2/c1-18(2,3)25-17(22)21-11-7-10-14(21)16-20-19-15(26-16)12-27(23,24)13-8-5-4-6-9-13/h4-6,8-9,14H,7,10-12H2,1-3H3. The van der Waals surface area contributed by atoms with Crippen LogP contribution in [-0.4, -0.2) is 41.8 Å². The van der Waals surface area contributed by atoms with E-state index in [1.807, 2.05) is 20.8 Å². The normalized spacial score (nSPS) is 17.9. The average molecular weight is 410 g/mol. The number of carbonyl (C=O) groups is 1. The minimum atomic E-state index is -3.47. The van der Waals surface area contributed by atoms with Crippen LogP contribution < -0.4 is 0 Å². The van der Waals surface area contributed by atoms with Gasteiger partial charge in [0.05, 0.1) is 10.9 Å². The van der Waals surface area contributed by atoms with Gasteiger partial charge in [0.2, 0.25) is 0 Å². The van der Waals surface area contributed by atoms with Crippen molar-refractivity contribution in [2.75, 3.05) is 6.54 Å². The van der Waals surface area contributed by atoms with Crippen molar-refractivity contribution in [1.29, 1.82) is 0 Å². The third kappa shape index (κ3) is 4.84. The lowest BCUT2D eigenvalue weighted by Crippen LogP contribution is -2.36. The SMILES string of the molecule is CC(C)(C)OC(=O)N1CCCC1c1nnc(CS(=O)(=O)c2ccccc2)s1. The van der Waals surface area contributed by atoms with E-state index in [1.54, 1.807) is 35.2 Å². The Hall–Kier alpha value is -2.00. The Balaban J connectivity index is 1.74. The second-order valence-corrected chi connectivity index (χ2v) is 10.5. The molecular weight excluding hydrogens is 386 g/mol. The first-order valence-electron chi connectivity index (χ1n) is 8.75. The van der Waals surface area contributed by atoms with Gasteiger partial charge < -0.3 is 4.74 Å². The third-order valence-corrected chi connectivity index (χ3v) is 6.92. The van der Waals surface area contributed by atoms with Gasteiger partial charge >= 0.3 is 6.09 Å². The molecule has 27 heavy (non-hydrogen) atoms. The maximum absolute atomic E-state index is 12.5. The molecule has 0 aliphatic carbocycles. The van der Waals surface area contributed by atoms with E-state index in [-0.39, 0.29) is 22.8 Å². The largest absolute Gasteiger partial charge is 0.444 e. The highest BCUT2D eigenvalue weighted by atomic mass is 32.2. The first-order valence-corrected chi connectivity index (χ1v) is 11.2. The number of ether oxygens (including phenoxy) is 1. The summed E-state index contributed by atoms with van der Waals surface area (Å²) in [4.78, 5) is 14.3. The summed E-state index contributed by atoms with van der Waals surface area (Å²) in [6.07, 6.45) is 1.24. The number of hydrogen-bond donors (Lipinski definition) is 0. The predicted molar refractivity (Wildman–Crippen MR) is 102 cm³/mol. The fraction of sp³-hybridized carbons (Fsp3) is 0.500. The van der Waals surface area contributed by atoms with E-state index in [2.05, 4.69) is 10.2 Å². The average Bonchev–Trinajstić information content (AvgIpc) is 3.22. The van der Waals surface area contributed by atoms with Gasteiger partial charge in [-0.15, -0.1) is 10.2 Å². The zero-order chi connectivity index (χ0) is 19.7. The summed E-state index contributed by atoms with van der Waals surface area (Å²) >= 11 is 1.24. The lowest BCUT2D eigenvalue weighted by molar-refractivity contribution is 0.0224. The smallest absolute Gasteiger partial charge is 0.410 e. The van der Waals surface area contributed by atoms with Crippen molar-refractivity contribution in [3.63, 3.8) is 0 Å². The summed E-state index contributed by atoms with van der Waals surface area (Å²) in [5.41, 5.74) is -0.569. The van der Waals surface area contributed by atoms with Gasteiger partial charge in [-0.2, -0.15) is 0 Å². The number of hydrogen-bond acceptors (Lipinski definition) is 7. The van der Waals surface area contributed by atoms with Crippen LogP contribution in [0.15, 0.2) is 35.2 Å². The molecule has 0 N–H and O–H groups in total. The number of benzene rings is 1.